The van der Waals surface area contributed by atoms with E-state index in [9.17, 15) is 4.79 Å². The number of aryl methyl sites for hydroxylation is 1. The van der Waals surface area contributed by atoms with E-state index in [4.69, 9.17) is 4.74 Å². The Morgan fingerprint density at radius 2 is 1.90 bits per heavy atom. The van der Waals surface area contributed by atoms with Gasteiger partial charge in [-0.15, -0.1) is 0 Å². The summed E-state index contributed by atoms with van der Waals surface area (Å²) in [7, 11) is 1.68. The average Bonchev–Trinajstić information content (AvgIpc) is 3.23. The minimum absolute atomic E-state index is 0.0689. The van der Waals surface area contributed by atoms with Crippen LogP contribution in [0.25, 0.3) is 0 Å². The smallest absolute Gasteiger partial charge is 0.231 e. The van der Waals surface area contributed by atoms with Gasteiger partial charge in [-0.1, -0.05) is 55.0 Å². The molecule has 1 aliphatic rings. The van der Waals surface area contributed by atoms with Crippen LogP contribution in [0.4, 0.5) is 5.95 Å². The van der Waals surface area contributed by atoms with Gasteiger partial charge in [0.2, 0.25) is 11.9 Å². The second-order valence-corrected chi connectivity index (χ2v) is 7.44. The quantitative estimate of drug-likeness (QED) is 0.645. The predicted octanol–water partition coefficient (Wildman–Crippen LogP) is 4.46. The molecule has 1 aromatic heterocycles. The molecule has 6 heteroatoms. The van der Waals surface area contributed by atoms with Crippen LogP contribution < -0.4 is 9.64 Å². The van der Waals surface area contributed by atoms with Gasteiger partial charge in [-0.2, -0.15) is 10.1 Å². The van der Waals surface area contributed by atoms with Crippen LogP contribution >= 0.6 is 0 Å². The van der Waals surface area contributed by atoms with Crippen LogP contribution in [0, 0.1) is 6.92 Å². The number of amides is 1. The van der Waals surface area contributed by atoms with Gasteiger partial charge in [-0.3, -0.25) is 9.69 Å². The Labute approximate surface area is 171 Å². The third kappa shape index (κ3) is 3.50. The van der Waals surface area contributed by atoms with Gasteiger partial charge in [-0.25, -0.2) is 4.68 Å². The van der Waals surface area contributed by atoms with Crippen molar-refractivity contribution in [2.24, 2.45) is 0 Å². The zero-order valence-electron chi connectivity index (χ0n) is 17.1. The maximum absolute atomic E-state index is 13.1. The van der Waals surface area contributed by atoms with E-state index in [0.29, 0.717) is 18.8 Å². The molecule has 0 spiro atoms. The van der Waals surface area contributed by atoms with Crippen molar-refractivity contribution in [3.63, 3.8) is 0 Å². The van der Waals surface area contributed by atoms with Crippen LogP contribution in [-0.4, -0.2) is 27.8 Å². The molecule has 6 nitrogen and oxygen atoms in total. The first kappa shape index (κ1) is 19.2. The van der Waals surface area contributed by atoms with Crippen molar-refractivity contribution in [3.05, 3.63) is 71.5 Å². The molecule has 0 bridgehead atoms. The third-order valence-electron chi connectivity index (χ3n) is 5.52. The van der Waals surface area contributed by atoms with Crippen molar-refractivity contribution in [2.75, 3.05) is 12.0 Å². The Kier molecular flexibility index (Phi) is 5.34. The van der Waals surface area contributed by atoms with E-state index >= 15 is 0 Å². The Bertz CT molecular complexity index is 996. The van der Waals surface area contributed by atoms with E-state index in [1.54, 1.807) is 7.11 Å². The number of hydrogen-bond donors (Lipinski definition) is 0. The fraction of sp³-hybridized carbons (Fsp3) is 0.348. The van der Waals surface area contributed by atoms with E-state index < -0.39 is 0 Å². The number of methoxy groups -OCH3 is 1. The van der Waals surface area contributed by atoms with Crippen LogP contribution in [0.1, 0.15) is 55.0 Å². The molecule has 2 atom stereocenters. The summed E-state index contributed by atoms with van der Waals surface area (Å²) in [6.07, 6.45) is 3.51. The van der Waals surface area contributed by atoms with Gasteiger partial charge in [-0.05, 0) is 31.4 Å². The first-order chi connectivity index (χ1) is 14.1. The number of fused-ring (bicyclic) bond motifs is 1. The summed E-state index contributed by atoms with van der Waals surface area (Å²) < 4.78 is 7.47. The molecule has 0 aliphatic carbocycles. The van der Waals surface area contributed by atoms with Gasteiger partial charge in [0.1, 0.15) is 12.1 Å². The number of nitrogens with zero attached hydrogens (tertiary/aromatic N) is 4. The highest BCUT2D eigenvalue weighted by atomic mass is 16.5. The summed E-state index contributed by atoms with van der Waals surface area (Å²) in [6, 6.07) is 16.2. The summed E-state index contributed by atoms with van der Waals surface area (Å²) >= 11 is 0. The Morgan fingerprint density at radius 1 is 1.14 bits per heavy atom. The highest BCUT2D eigenvalue weighted by Crippen LogP contribution is 2.44. The molecule has 1 aliphatic heterocycles. The van der Waals surface area contributed by atoms with Gasteiger partial charge >= 0.3 is 0 Å². The third-order valence-corrected chi connectivity index (χ3v) is 5.52. The van der Waals surface area contributed by atoms with Crippen LogP contribution in [0.3, 0.4) is 0 Å². The number of para-hydroxylation sites is 1. The van der Waals surface area contributed by atoms with Gasteiger partial charge in [0.25, 0.3) is 0 Å². The number of ether oxygens (including phenoxy) is 1. The van der Waals surface area contributed by atoms with Crippen molar-refractivity contribution in [1.29, 1.82) is 0 Å². The van der Waals surface area contributed by atoms with Gasteiger partial charge in [0.05, 0.1) is 19.2 Å². The van der Waals surface area contributed by atoms with Crippen LogP contribution in [0.5, 0.6) is 5.75 Å². The molecule has 150 valence electrons. The number of anilines is 1. The monoisotopic (exact) mass is 390 g/mol. The molecule has 3 aromatic rings. The summed E-state index contributed by atoms with van der Waals surface area (Å²) in [4.78, 5) is 19.4. The first-order valence-electron chi connectivity index (χ1n) is 10.0. The van der Waals surface area contributed by atoms with Gasteiger partial charge < -0.3 is 4.74 Å². The van der Waals surface area contributed by atoms with Crippen molar-refractivity contribution in [2.45, 2.75) is 45.2 Å². The summed E-state index contributed by atoms with van der Waals surface area (Å²) in [5.74, 6) is 1.48. The molecular formula is C23H26N4O2. The number of rotatable bonds is 5. The molecule has 0 N–H and O–H groups in total. The largest absolute Gasteiger partial charge is 0.496 e. The molecule has 2 aromatic carbocycles. The molecule has 2 heterocycles. The normalized spacial score (nSPS) is 18.4. The van der Waals surface area contributed by atoms with Crippen LogP contribution in [-0.2, 0) is 4.79 Å². The second kappa shape index (κ2) is 8.07. The predicted molar refractivity (Wildman–Crippen MR) is 112 cm³/mol. The first-order valence-corrected chi connectivity index (χ1v) is 10.0. The second-order valence-electron chi connectivity index (χ2n) is 7.44. The van der Waals surface area contributed by atoms with E-state index in [1.165, 1.54) is 11.9 Å². The van der Waals surface area contributed by atoms with E-state index in [2.05, 4.69) is 47.3 Å². The van der Waals surface area contributed by atoms with E-state index in [-0.39, 0.29) is 18.0 Å². The molecule has 0 radical (unpaired) electrons. The number of hydrogen-bond acceptors (Lipinski definition) is 4. The molecule has 0 unspecified atom stereocenters. The number of carbonyl (C=O) groups excluding carboxylic acids is 1. The lowest BCUT2D eigenvalue weighted by molar-refractivity contribution is -0.119. The lowest BCUT2D eigenvalue weighted by atomic mass is 9.91. The van der Waals surface area contributed by atoms with Gasteiger partial charge in [0, 0.05) is 12.0 Å². The van der Waals surface area contributed by atoms with Crippen molar-refractivity contribution in [1.82, 2.24) is 14.8 Å². The topological polar surface area (TPSA) is 60.2 Å². The van der Waals surface area contributed by atoms with Crippen molar-refractivity contribution in [3.8, 4) is 5.75 Å². The van der Waals surface area contributed by atoms with E-state index in [1.807, 2.05) is 34.7 Å². The average molecular weight is 390 g/mol. The molecular weight excluding hydrogens is 364 g/mol. The lowest BCUT2D eigenvalue weighted by Crippen LogP contribution is -2.42. The van der Waals surface area contributed by atoms with Gasteiger partial charge in [0.15, 0.2) is 0 Å². The Hall–Kier alpha value is -3.15. The van der Waals surface area contributed by atoms with Crippen molar-refractivity contribution < 1.29 is 9.53 Å². The number of carbonyl (C=O) groups is 1. The summed E-state index contributed by atoms with van der Waals surface area (Å²) in [6.45, 7) is 4.09. The zero-order valence-corrected chi connectivity index (χ0v) is 17.1. The highest BCUT2D eigenvalue weighted by Gasteiger charge is 2.39. The van der Waals surface area contributed by atoms with Crippen LogP contribution in [0.15, 0.2) is 54.9 Å². The fourth-order valence-corrected chi connectivity index (χ4v) is 4.09. The zero-order chi connectivity index (χ0) is 20.4. The molecule has 0 fully saturated rings. The maximum atomic E-state index is 13.1. The SMILES string of the molecule is CCCC(=O)N1c2ncnn2[C@@H](c2ccccc2OC)C[C@H]1c1ccc(C)cc1. The van der Waals surface area contributed by atoms with Crippen molar-refractivity contribution >= 4 is 11.9 Å². The molecule has 1 amide bonds. The molecule has 0 saturated carbocycles. The maximum Gasteiger partial charge on any atom is 0.231 e. The number of aromatic nitrogens is 3. The Morgan fingerprint density at radius 3 is 2.62 bits per heavy atom. The number of benzene rings is 2. The molecule has 0 saturated heterocycles. The summed E-state index contributed by atoms with van der Waals surface area (Å²) in [5.41, 5.74) is 3.34. The minimum atomic E-state index is -0.110. The fourth-order valence-electron chi connectivity index (χ4n) is 4.09. The Balaban J connectivity index is 1.85. The highest BCUT2D eigenvalue weighted by molar-refractivity contribution is 5.92. The molecule has 29 heavy (non-hydrogen) atoms. The summed E-state index contributed by atoms with van der Waals surface area (Å²) in [5, 5.41) is 4.48. The molecule has 4 rings (SSSR count). The van der Waals surface area contributed by atoms with E-state index in [0.717, 1.165) is 23.3 Å². The standard InChI is InChI=1S/C23H26N4O2/c1-4-7-22(28)26-19(17-12-10-16(2)11-13-17)14-20(27-23(26)24-15-25-27)18-8-5-6-9-21(18)29-3/h5-6,8-13,15,19-20H,4,7,14H2,1-3H3/t19-,20+/m0/s1. The van der Waals surface area contributed by atoms with Crippen LogP contribution in [0.2, 0.25) is 0 Å². The minimum Gasteiger partial charge on any atom is -0.496 e. The lowest BCUT2D eigenvalue weighted by Gasteiger charge is -2.39.